The molecule has 1 N–H and O–H groups in total. The van der Waals surface area contributed by atoms with Crippen LogP contribution < -0.4 is 0 Å². The Morgan fingerprint density at radius 3 is 2.69 bits per heavy atom. The topological polar surface area (TPSA) is 46.5 Å². The van der Waals surface area contributed by atoms with Crippen LogP contribution >= 0.6 is 0 Å². The number of aromatic nitrogens is 4. The van der Waals surface area contributed by atoms with Crippen LogP contribution in [0, 0.1) is 6.92 Å². The van der Waals surface area contributed by atoms with Gasteiger partial charge in [0, 0.05) is 37.4 Å². The summed E-state index contributed by atoms with van der Waals surface area (Å²) in [5.74, 6) is 0. The van der Waals surface area contributed by atoms with Gasteiger partial charge in [0.15, 0.2) is 5.65 Å². The Morgan fingerprint density at radius 1 is 1.19 bits per heavy atom. The molecule has 0 aromatic carbocycles. The first kappa shape index (κ1) is 9.15. The largest absolute Gasteiger partial charge is 0.356 e. The first-order chi connectivity index (χ1) is 7.74. The van der Waals surface area contributed by atoms with Crippen LogP contribution in [-0.4, -0.2) is 19.5 Å². The number of aromatic amines is 1. The maximum absolute atomic E-state index is 4.26. The van der Waals surface area contributed by atoms with Gasteiger partial charge in [-0.3, -0.25) is 4.98 Å². The van der Waals surface area contributed by atoms with Gasteiger partial charge < -0.3 is 9.55 Å². The molecular weight excluding hydrogens is 200 g/mol. The molecule has 0 amide bonds. The van der Waals surface area contributed by atoms with Crippen LogP contribution in [0.1, 0.15) is 5.56 Å². The number of hydrogen-bond acceptors (Lipinski definition) is 2. The molecule has 0 aliphatic carbocycles. The standard InChI is InChI=1S/C12H12N4/c1-8-6-16(2)7-9(8)10-5-11-12(15-10)14-4-3-13-11/h3-7H,1-2H3,(H,14,15). The van der Waals surface area contributed by atoms with Gasteiger partial charge in [0.25, 0.3) is 0 Å². The van der Waals surface area contributed by atoms with Gasteiger partial charge in [-0.25, -0.2) is 4.98 Å². The molecule has 0 spiro atoms. The van der Waals surface area contributed by atoms with Gasteiger partial charge in [-0.2, -0.15) is 0 Å². The van der Waals surface area contributed by atoms with E-state index in [9.17, 15) is 0 Å². The van der Waals surface area contributed by atoms with E-state index in [0.29, 0.717) is 0 Å². The third kappa shape index (κ3) is 1.31. The molecule has 0 saturated carbocycles. The molecule has 0 atom stereocenters. The van der Waals surface area contributed by atoms with Gasteiger partial charge in [-0.1, -0.05) is 0 Å². The second-order valence-electron chi connectivity index (χ2n) is 3.99. The van der Waals surface area contributed by atoms with E-state index in [0.717, 1.165) is 16.9 Å². The van der Waals surface area contributed by atoms with Crippen molar-refractivity contribution in [3.05, 3.63) is 36.4 Å². The van der Waals surface area contributed by atoms with Crippen LogP contribution in [0.15, 0.2) is 30.9 Å². The van der Waals surface area contributed by atoms with Crippen molar-refractivity contribution in [3.63, 3.8) is 0 Å². The van der Waals surface area contributed by atoms with Crippen LogP contribution in [-0.2, 0) is 7.05 Å². The van der Waals surface area contributed by atoms with Gasteiger partial charge in [0.1, 0.15) is 5.52 Å². The zero-order chi connectivity index (χ0) is 11.1. The molecule has 3 aromatic rings. The van der Waals surface area contributed by atoms with E-state index < -0.39 is 0 Å². The lowest BCUT2D eigenvalue weighted by Crippen LogP contribution is -1.79. The highest BCUT2D eigenvalue weighted by Crippen LogP contribution is 2.25. The van der Waals surface area contributed by atoms with Gasteiger partial charge in [0.2, 0.25) is 0 Å². The van der Waals surface area contributed by atoms with E-state index in [2.05, 4.69) is 38.8 Å². The summed E-state index contributed by atoms with van der Waals surface area (Å²) in [6.45, 7) is 2.10. The summed E-state index contributed by atoms with van der Waals surface area (Å²) in [5.41, 5.74) is 5.25. The molecule has 3 aromatic heterocycles. The Balaban J connectivity index is 2.22. The molecule has 16 heavy (non-hydrogen) atoms. The van der Waals surface area contributed by atoms with Gasteiger partial charge in [0.05, 0.1) is 5.69 Å². The van der Waals surface area contributed by atoms with Crippen molar-refractivity contribution in [2.45, 2.75) is 6.92 Å². The lowest BCUT2D eigenvalue weighted by molar-refractivity contribution is 0.925. The first-order valence-corrected chi connectivity index (χ1v) is 5.17. The maximum Gasteiger partial charge on any atom is 0.156 e. The minimum Gasteiger partial charge on any atom is -0.356 e. The SMILES string of the molecule is Cc1cn(C)cc1-c1cc2nccnc2[nH]1. The first-order valence-electron chi connectivity index (χ1n) is 5.17. The second-order valence-corrected chi connectivity index (χ2v) is 3.99. The van der Waals surface area contributed by atoms with Crippen molar-refractivity contribution in [2.75, 3.05) is 0 Å². The van der Waals surface area contributed by atoms with Crippen molar-refractivity contribution >= 4 is 11.2 Å². The predicted octanol–water partition coefficient (Wildman–Crippen LogP) is 2.27. The molecule has 0 aliphatic rings. The van der Waals surface area contributed by atoms with Crippen LogP contribution in [0.4, 0.5) is 0 Å². The average Bonchev–Trinajstić information content (AvgIpc) is 2.81. The summed E-state index contributed by atoms with van der Waals surface area (Å²) in [6, 6.07) is 2.03. The number of nitrogens with one attached hydrogen (secondary N) is 1. The molecule has 0 bridgehead atoms. The van der Waals surface area contributed by atoms with Crippen molar-refractivity contribution in [3.8, 4) is 11.3 Å². The molecule has 0 aliphatic heterocycles. The molecule has 80 valence electrons. The minimum atomic E-state index is 0.834. The fourth-order valence-electron chi connectivity index (χ4n) is 2.00. The molecule has 3 rings (SSSR count). The highest BCUT2D eigenvalue weighted by molar-refractivity contribution is 5.80. The van der Waals surface area contributed by atoms with Crippen molar-refractivity contribution in [1.29, 1.82) is 0 Å². The Morgan fingerprint density at radius 2 is 2.00 bits per heavy atom. The quantitative estimate of drug-likeness (QED) is 0.672. The molecule has 0 fully saturated rings. The summed E-state index contributed by atoms with van der Waals surface area (Å²) in [6.07, 6.45) is 7.60. The number of fused-ring (bicyclic) bond motifs is 1. The maximum atomic E-state index is 4.26. The molecular formula is C12H12N4. The predicted molar refractivity (Wildman–Crippen MR) is 63.0 cm³/mol. The summed E-state index contributed by atoms with van der Waals surface area (Å²) < 4.78 is 2.05. The smallest absolute Gasteiger partial charge is 0.156 e. The van der Waals surface area contributed by atoms with E-state index in [1.807, 2.05) is 13.1 Å². The third-order valence-electron chi connectivity index (χ3n) is 2.71. The second kappa shape index (κ2) is 3.20. The normalized spacial score (nSPS) is 11.1. The number of hydrogen-bond donors (Lipinski definition) is 1. The lowest BCUT2D eigenvalue weighted by atomic mass is 10.2. The van der Waals surface area contributed by atoms with Crippen LogP contribution in [0.2, 0.25) is 0 Å². The monoisotopic (exact) mass is 212 g/mol. The van der Waals surface area contributed by atoms with E-state index in [4.69, 9.17) is 0 Å². The van der Waals surface area contributed by atoms with Gasteiger partial charge >= 0.3 is 0 Å². The van der Waals surface area contributed by atoms with E-state index in [1.165, 1.54) is 11.1 Å². The van der Waals surface area contributed by atoms with Gasteiger partial charge in [-0.05, 0) is 18.6 Å². The van der Waals surface area contributed by atoms with E-state index in [-0.39, 0.29) is 0 Å². The molecule has 0 unspecified atom stereocenters. The Bertz CT molecular complexity index is 615. The van der Waals surface area contributed by atoms with E-state index >= 15 is 0 Å². The number of rotatable bonds is 1. The van der Waals surface area contributed by atoms with Crippen LogP contribution in [0.3, 0.4) is 0 Å². The minimum absolute atomic E-state index is 0.834. The Labute approximate surface area is 93.0 Å². The molecule has 3 heterocycles. The van der Waals surface area contributed by atoms with E-state index in [1.54, 1.807) is 12.4 Å². The van der Waals surface area contributed by atoms with Crippen molar-refractivity contribution in [2.24, 2.45) is 7.05 Å². The zero-order valence-corrected chi connectivity index (χ0v) is 9.23. The summed E-state index contributed by atoms with van der Waals surface area (Å²) in [7, 11) is 2.02. The van der Waals surface area contributed by atoms with Crippen LogP contribution in [0.5, 0.6) is 0 Å². The fourth-order valence-corrected chi connectivity index (χ4v) is 2.00. The molecule has 4 nitrogen and oxygen atoms in total. The van der Waals surface area contributed by atoms with Crippen molar-refractivity contribution < 1.29 is 0 Å². The third-order valence-corrected chi connectivity index (χ3v) is 2.71. The number of aryl methyl sites for hydroxylation is 2. The Hall–Kier alpha value is -2.10. The molecule has 0 saturated heterocycles. The zero-order valence-electron chi connectivity index (χ0n) is 9.23. The molecule has 0 radical (unpaired) electrons. The summed E-state index contributed by atoms with van der Waals surface area (Å²) >= 11 is 0. The highest BCUT2D eigenvalue weighted by atomic mass is 14.9. The highest BCUT2D eigenvalue weighted by Gasteiger charge is 2.08. The Kier molecular flexibility index (Phi) is 1.83. The fraction of sp³-hybridized carbons (Fsp3) is 0.167. The summed E-state index contributed by atoms with van der Waals surface area (Å²) in [5, 5.41) is 0. The molecule has 4 heteroatoms. The average molecular weight is 212 g/mol. The number of H-pyrrole nitrogens is 1. The summed E-state index contributed by atoms with van der Waals surface area (Å²) in [4.78, 5) is 11.8. The van der Waals surface area contributed by atoms with Crippen LogP contribution in [0.25, 0.3) is 22.4 Å². The van der Waals surface area contributed by atoms with Gasteiger partial charge in [-0.15, -0.1) is 0 Å². The number of nitrogens with zero attached hydrogens (tertiary/aromatic N) is 3. The van der Waals surface area contributed by atoms with Crippen molar-refractivity contribution in [1.82, 2.24) is 19.5 Å². The lowest BCUT2D eigenvalue weighted by Gasteiger charge is -1.93.